The number of nitrogens with zero attached hydrogens (tertiary/aromatic N) is 2. The largest absolute Gasteiger partial charge is 0.494 e. The normalized spacial score (nSPS) is 10.8. The average molecular weight is 369 g/mol. The van der Waals surface area contributed by atoms with Crippen molar-refractivity contribution in [3.05, 3.63) is 66.1 Å². The van der Waals surface area contributed by atoms with Crippen LogP contribution in [0, 0.1) is 5.82 Å². The van der Waals surface area contributed by atoms with Gasteiger partial charge in [-0.2, -0.15) is 0 Å². The molecule has 6 heteroatoms. The smallest absolute Gasteiger partial charge is 0.203 e. The van der Waals surface area contributed by atoms with Gasteiger partial charge in [-0.25, -0.2) is 9.37 Å². The molecule has 0 aliphatic heterocycles. The lowest BCUT2D eigenvalue weighted by molar-refractivity contribution is 0.188. The minimum Gasteiger partial charge on any atom is -0.494 e. The van der Waals surface area contributed by atoms with Gasteiger partial charge in [0, 0.05) is 25.8 Å². The lowest BCUT2D eigenvalue weighted by Crippen LogP contribution is -2.11. The van der Waals surface area contributed by atoms with Crippen LogP contribution in [0.2, 0.25) is 0 Å². The van der Waals surface area contributed by atoms with Crippen molar-refractivity contribution >= 4 is 5.95 Å². The molecular weight excluding hydrogens is 345 g/mol. The molecule has 0 bridgehead atoms. The van der Waals surface area contributed by atoms with Gasteiger partial charge in [-0.3, -0.25) is 0 Å². The van der Waals surface area contributed by atoms with Crippen molar-refractivity contribution in [2.75, 3.05) is 25.6 Å². The second-order valence-electron chi connectivity index (χ2n) is 6.05. The molecule has 27 heavy (non-hydrogen) atoms. The molecule has 0 aliphatic rings. The number of ether oxygens (including phenoxy) is 2. The minimum absolute atomic E-state index is 0.254. The third kappa shape index (κ3) is 4.86. The van der Waals surface area contributed by atoms with E-state index in [1.54, 1.807) is 25.4 Å². The fourth-order valence-corrected chi connectivity index (χ4v) is 2.83. The molecule has 0 saturated heterocycles. The van der Waals surface area contributed by atoms with Crippen LogP contribution in [0.4, 0.5) is 10.3 Å². The van der Waals surface area contributed by atoms with Crippen LogP contribution in [-0.4, -0.2) is 29.9 Å². The third-order valence-corrected chi connectivity index (χ3v) is 4.20. The maximum atomic E-state index is 13.2. The van der Waals surface area contributed by atoms with Gasteiger partial charge < -0.3 is 19.4 Å². The van der Waals surface area contributed by atoms with Crippen molar-refractivity contribution in [1.82, 2.24) is 9.55 Å². The van der Waals surface area contributed by atoms with Gasteiger partial charge in [-0.1, -0.05) is 12.1 Å². The third-order valence-electron chi connectivity index (χ3n) is 4.20. The van der Waals surface area contributed by atoms with Crippen LogP contribution in [0.3, 0.4) is 0 Å². The Kier molecular flexibility index (Phi) is 6.44. The highest BCUT2D eigenvalue weighted by Gasteiger charge is 2.12. The molecule has 0 aliphatic carbocycles. The lowest BCUT2D eigenvalue weighted by atomic mass is 10.1. The van der Waals surface area contributed by atoms with Crippen molar-refractivity contribution in [3.8, 4) is 17.0 Å². The van der Waals surface area contributed by atoms with Gasteiger partial charge in [0.25, 0.3) is 0 Å². The molecule has 1 heterocycles. The molecule has 0 fully saturated rings. The summed E-state index contributed by atoms with van der Waals surface area (Å²) in [6.07, 6.45) is 1.80. The molecule has 0 radical (unpaired) electrons. The Balaban J connectivity index is 1.76. The van der Waals surface area contributed by atoms with Crippen molar-refractivity contribution in [1.29, 1.82) is 0 Å². The van der Waals surface area contributed by atoms with E-state index < -0.39 is 0 Å². The molecule has 142 valence electrons. The summed E-state index contributed by atoms with van der Waals surface area (Å²) in [6.45, 7) is 4.46. The summed E-state index contributed by atoms with van der Waals surface area (Å²) in [5, 5.41) is 3.37. The second kappa shape index (κ2) is 9.19. The van der Waals surface area contributed by atoms with Crippen molar-refractivity contribution in [3.63, 3.8) is 0 Å². The van der Waals surface area contributed by atoms with Crippen molar-refractivity contribution in [2.45, 2.75) is 20.0 Å². The van der Waals surface area contributed by atoms with E-state index in [-0.39, 0.29) is 5.82 Å². The first-order chi connectivity index (χ1) is 13.2. The van der Waals surface area contributed by atoms with E-state index in [2.05, 4.69) is 10.3 Å². The summed E-state index contributed by atoms with van der Waals surface area (Å²) >= 11 is 0. The molecule has 3 aromatic rings. The standard InChI is InChI=1S/C21H24FN3O2/c1-3-27-19-10-4-16(5-11-19)14-23-21-24-15-20(25(21)12-13-26-2)17-6-8-18(22)9-7-17/h4-11,15H,3,12-14H2,1-2H3,(H,23,24). The lowest BCUT2D eigenvalue weighted by Gasteiger charge is -2.13. The Morgan fingerprint density at radius 1 is 1.07 bits per heavy atom. The van der Waals surface area contributed by atoms with Gasteiger partial charge in [0.05, 0.1) is 25.1 Å². The zero-order chi connectivity index (χ0) is 19.1. The summed E-state index contributed by atoms with van der Waals surface area (Å²) < 4.78 is 26.0. The maximum absolute atomic E-state index is 13.2. The molecule has 1 aromatic heterocycles. The monoisotopic (exact) mass is 369 g/mol. The summed E-state index contributed by atoms with van der Waals surface area (Å²) in [7, 11) is 1.67. The fraction of sp³-hybridized carbons (Fsp3) is 0.286. The highest BCUT2D eigenvalue weighted by atomic mass is 19.1. The first kappa shape index (κ1) is 18.9. The SMILES string of the molecule is CCOc1ccc(CNc2ncc(-c3ccc(F)cc3)n2CCOC)cc1. The van der Waals surface area contributed by atoms with E-state index in [1.807, 2.05) is 35.8 Å². The number of methoxy groups -OCH3 is 1. The van der Waals surface area contributed by atoms with Crippen LogP contribution in [0.5, 0.6) is 5.75 Å². The van der Waals surface area contributed by atoms with Crippen LogP contribution in [-0.2, 0) is 17.8 Å². The maximum Gasteiger partial charge on any atom is 0.203 e. The first-order valence-electron chi connectivity index (χ1n) is 8.97. The molecule has 0 atom stereocenters. The highest BCUT2D eigenvalue weighted by molar-refractivity contribution is 5.61. The van der Waals surface area contributed by atoms with Gasteiger partial charge in [-0.05, 0) is 48.9 Å². The molecule has 0 spiro atoms. The minimum atomic E-state index is -0.254. The molecule has 2 aromatic carbocycles. The Labute approximate surface area is 158 Å². The number of halogens is 1. The van der Waals surface area contributed by atoms with E-state index in [9.17, 15) is 4.39 Å². The zero-order valence-electron chi connectivity index (χ0n) is 15.6. The predicted molar refractivity (Wildman–Crippen MR) is 104 cm³/mol. The number of hydrogen-bond acceptors (Lipinski definition) is 4. The molecule has 1 N–H and O–H groups in total. The van der Waals surface area contributed by atoms with Gasteiger partial charge in [0.1, 0.15) is 11.6 Å². The number of hydrogen-bond donors (Lipinski definition) is 1. The molecular formula is C21H24FN3O2. The van der Waals surface area contributed by atoms with E-state index in [1.165, 1.54) is 12.1 Å². The van der Waals surface area contributed by atoms with Gasteiger partial charge in [-0.15, -0.1) is 0 Å². The summed E-state index contributed by atoms with van der Waals surface area (Å²) in [6, 6.07) is 14.4. The number of aromatic nitrogens is 2. The van der Waals surface area contributed by atoms with E-state index in [0.29, 0.717) is 26.3 Å². The Morgan fingerprint density at radius 3 is 2.48 bits per heavy atom. The summed E-state index contributed by atoms with van der Waals surface area (Å²) in [5.41, 5.74) is 2.96. The van der Waals surface area contributed by atoms with Gasteiger partial charge >= 0.3 is 0 Å². The van der Waals surface area contributed by atoms with Crippen molar-refractivity contribution < 1.29 is 13.9 Å². The van der Waals surface area contributed by atoms with Gasteiger partial charge in [0.2, 0.25) is 5.95 Å². The molecule has 3 rings (SSSR count). The molecule has 0 saturated carbocycles. The Bertz CT molecular complexity index is 845. The van der Waals surface area contributed by atoms with E-state index in [4.69, 9.17) is 9.47 Å². The van der Waals surface area contributed by atoms with Crippen LogP contribution in [0.1, 0.15) is 12.5 Å². The quantitative estimate of drug-likeness (QED) is 0.609. The Morgan fingerprint density at radius 2 is 1.81 bits per heavy atom. The molecule has 0 amide bonds. The average Bonchev–Trinajstić information content (AvgIpc) is 3.09. The predicted octanol–water partition coefficient (Wildman–Crippen LogP) is 4.35. The van der Waals surface area contributed by atoms with Crippen LogP contribution >= 0.6 is 0 Å². The fourth-order valence-electron chi connectivity index (χ4n) is 2.83. The van der Waals surface area contributed by atoms with Crippen LogP contribution < -0.4 is 10.1 Å². The van der Waals surface area contributed by atoms with Gasteiger partial charge in [0.15, 0.2) is 0 Å². The number of nitrogens with one attached hydrogen (secondary N) is 1. The molecule has 0 unspecified atom stereocenters. The number of anilines is 1. The first-order valence-corrected chi connectivity index (χ1v) is 8.97. The zero-order valence-corrected chi connectivity index (χ0v) is 15.6. The second-order valence-corrected chi connectivity index (χ2v) is 6.05. The number of imidazole rings is 1. The summed E-state index contributed by atoms with van der Waals surface area (Å²) in [5.74, 6) is 1.36. The topological polar surface area (TPSA) is 48.3 Å². The summed E-state index contributed by atoms with van der Waals surface area (Å²) in [4.78, 5) is 4.51. The Hall–Kier alpha value is -2.86. The van der Waals surface area contributed by atoms with Crippen LogP contribution in [0.15, 0.2) is 54.7 Å². The number of benzene rings is 2. The molecule has 5 nitrogen and oxygen atoms in total. The highest BCUT2D eigenvalue weighted by Crippen LogP contribution is 2.24. The van der Waals surface area contributed by atoms with E-state index >= 15 is 0 Å². The van der Waals surface area contributed by atoms with Crippen LogP contribution in [0.25, 0.3) is 11.3 Å². The van der Waals surface area contributed by atoms with E-state index in [0.717, 1.165) is 28.5 Å². The number of rotatable bonds is 9. The van der Waals surface area contributed by atoms with Crippen molar-refractivity contribution in [2.24, 2.45) is 0 Å².